The molecule has 164 valence electrons. The van der Waals surface area contributed by atoms with Crippen LogP contribution in [0.15, 0.2) is 42.5 Å². The van der Waals surface area contributed by atoms with Crippen LogP contribution in [0.5, 0.6) is 0 Å². The fraction of sp³-hybridized carbons (Fsp3) is 0.348. The molecule has 31 heavy (non-hydrogen) atoms. The van der Waals surface area contributed by atoms with Gasteiger partial charge in [0, 0.05) is 37.4 Å². The summed E-state index contributed by atoms with van der Waals surface area (Å²) in [6.07, 6.45) is 0. The molecule has 0 saturated heterocycles. The molecule has 1 aliphatic heterocycles. The lowest BCUT2D eigenvalue weighted by Crippen LogP contribution is -2.50. The molecule has 0 aromatic heterocycles. The molecule has 7 nitrogen and oxygen atoms in total. The summed E-state index contributed by atoms with van der Waals surface area (Å²) in [5, 5.41) is 8.24. The second kappa shape index (κ2) is 8.75. The van der Waals surface area contributed by atoms with Gasteiger partial charge in [0.15, 0.2) is 0 Å². The van der Waals surface area contributed by atoms with Crippen LogP contribution in [-0.4, -0.2) is 35.8 Å². The van der Waals surface area contributed by atoms with Gasteiger partial charge in [0.05, 0.1) is 5.41 Å². The van der Waals surface area contributed by atoms with Crippen molar-refractivity contribution >= 4 is 23.5 Å². The smallest absolute Gasteiger partial charge is 0.322 e. The van der Waals surface area contributed by atoms with Crippen LogP contribution in [0.25, 0.3) is 0 Å². The third kappa shape index (κ3) is 4.84. The Morgan fingerprint density at radius 2 is 1.68 bits per heavy atom. The van der Waals surface area contributed by atoms with Crippen molar-refractivity contribution in [2.75, 3.05) is 12.4 Å². The van der Waals surface area contributed by atoms with Gasteiger partial charge < -0.3 is 20.9 Å². The molecular weight excluding hydrogens is 399 g/mol. The molecule has 8 heteroatoms. The Morgan fingerprint density at radius 3 is 2.32 bits per heavy atom. The van der Waals surface area contributed by atoms with E-state index in [1.807, 2.05) is 0 Å². The van der Waals surface area contributed by atoms with Gasteiger partial charge in [-0.3, -0.25) is 9.59 Å². The van der Waals surface area contributed by atoms with Crippen molar-refractivity contribution in [3.63, 3.8) is 0 Å². The van der Waals surface area contributed by atoms with Gasteiger partial charge in [-0.2, -0.15) is 0 Å². The average molecular weight is 426 g/mol. The molecule has 0 radical (unpaired) electrons. The molecule has 0 fully saturated rings. The quantitative estimate of drug-likeness (QED) is 0.685. The molecule has 1 atom stereocenters. The molecule has 0 bridgehead atoms. The predicted molar refractivity (Wildman–Crippen MR) is 116 cm³/mol. The summed E-state index contributed by atoms with van der Waals surface area (Å²) in [5.41, 5.74) is 1.92. The van der Waals surface area contributed by atoms with Crippen LogP contribution in [0, 0.1) is 11.2 Å². The lowest BCUT2D eigenvalue weighted by Gasteiger charge is -2.30. The number of amides is 4. The van der Waals surface area contributed by atoms with Crippen LogP contribution in [0.3, 0.4) is 0 Å². The first kappa shape index (κ1) is 22.3. The lowest BCUT2D eigenvalue weighted by atomic mass is 9.84. The van der Waals surface area contributed by atoms with Crippen molar-refractivity contribution in [1.82, 2.24) is 15.5 Å². The zero-order valence-electron chi connectivity index (χ0n) is 18.1. The van der Waals surface area contributed by atoms with Crippen molar-refractivity contribution in [2.45, 2.75) is 39.9 Å². The Kier molecular flexibility index (Phi) is 6.29. The molecule has 3 rings (SSSR count). The molecule has 0 unspecified atom stereocenters. The number of urea groups is 1. The number of rotatable bonds is 5. The van der Waals surface area contributed by atoms with Crippen LogP contribution in [0.1, 0.15) is 42.3 Å². The average Bonchev–Trinajstić information content (AvgIpc) is 3.16. The number of hydrogen-bond donors (Lipinski definition) is 3. The number of carbonyl (C=O) groups excluding carboxylic acids is 3. The number of hydrogen-bond acceptors (Lipinski definition) is 3. The van der Waals surface area contributed by atoms with E-state index in [1.165, 1.54) is 12.1 Å². The molecule has 2 aromatic rings. The van der Waals surface area contributed by atoms with Gasteiger partial charge in [0.2, 0.25) is 5.91 Å². The minimum absolute atomic E-state index is 0.162. The fourth-order valence-corrected chi connectivity index (χ4v) is 3.39. The summed E-state index contributed by atoms with van der Waals surface area (Å²) in [7, 11) is 1.56. The summed E-state index contributed by atoms with van der Waals surface area (Å²) in [5.74, 6) is -0.785. The zero-order valence-corrected chi connectivity index (χ0v) is 18.1. The van der Waals surface area contributed by atoms with Gasteiger partial charge in [0.1, 0.15) is 5.82 Å². The van der Waals surface area contributed by atoms with E-state index >= 15 is 0 Å². The first-order valence-corrected chi connectivity index (χ1v) is 10.1. The normalized spacial score (nSPS) is 13.9. The fourth-order valence-electron chi connectivity index (χ4n) is 3.39. The van der Waals surface area contributed by atoms with Gasteiger partial charge in [-0.1, -0.05) is 6.07 Å². The van der Waals surface area contributed by atoms with E-state index in [4.69, 9.17) is 0 Å². The summed E-state index contributed by atoms with van der Waals surface area (Å²) >= 11 is 0. The van der Waals surface area contributed by atoms with E-state index in [0.717, 1.165) is 11.1 Å². The highest BCUT2D eigenvalue weighted by molar-refractivity contribution is 5.96. The molecular formula is C23H27FN4O3. The van der Waals surface area contributed by atoms with Crippen molar-refractivity contribution in [3.05, 3.63) is 65.0 Å². The molecule has 0 spiro atoms. The van der Waals surface area contributed by atoms with E-state index in [2.05, 4.69) is 16.0 Å². The van der Waals surface area contributed by atoms with Crippen LogP contribution in [-0.2, 0) is 17.9 Å². The maximum Gasteiger partial charge on any atom is 0.322 e. The first-order valence-electron chi connectivity index (χ1n) is 10.1. The Bertz CT molecular complexity index is 1000. The summed E-state index contributed by atoms with van der Waals surface area (Å²) in [6.45, 7) is 6.07. The summed E-state index contributed by atoms with van der Waals surface area (Å²) < 4.78 is 13.4. The van der Waals surface area contributed by atoms with Gasteiger partial charge >= 0.3 is 6.03 Å². The Balaban J connectivity index is 1.58. The van der Waals surface area contributed by atoms with Gasteiger partial charge in [0.25, 0.3) is 5.91 Å². The number of carbonyl (C=O) groups is 3. The Hall–Kier alpha value is -3.42. The molecule has 2 aromatic carbocycles. The van der Waals surface area contributed by atoms with E-state index in [9.17, 15) is 18.8 Å². The van der Waals surface area contributed by atoms with E-state index < -0.39 is 5.41 Å². The van der Waals surface area contributed by atoms with Crippen molar-refractivity contribution < 1.29 is 18.8 Å². The standard InChI is InChI=1S/C23H27FN4O3/c1-14(23(2,3)21(30)25-4)26-20(29)15-6-9-19(10-7-15)27-22(31)28-12-16-5-8-18(24)11-17(16)13-28/h5-11,14H,12-13H2,1-4H3,(H,25,30)(H,26,29)(H,27,31)/t14-/m0/s1. The van der Waals surface area contributed by atoms with Crippen molar-refractivity contribution in [2.24, 2.45) is 5.41 Å². The third-order valence-corrected chi connectivity index (χ3v) is 5.82. The van der Waals surface area contributed by atoms with Crippen molar-refractivity contribution in [1.29, 1.82) is 0 Å². The highest BCUT2D eigenvalue weighted by atomic mass is 19.1. The second-order valence-corrected chi connectivity index (χ2v) is 8.27. The predicted octanol–water partition coefficient (Wildman–Crippen LogP) is 3.26. The molecule has 0 aliphatic carbocycles. The second-order valence-electron chi connectivity index (χ2n) is 8.27. The van der Waals surface area contributed by atoms with Crippen LogP contribution >= 0.6 is 0 Å². The van der Waals surface area contributed by atoms with Crippen LogP contribution in [0.2, 0.25) is 0 Å². The topological polar surface area (TPSA) is 90.5 Å². The summed E-state index contributed by atoms with van der Waals surface area (Å²) in [6, 6.07) is 10.3. The largest absolute Gasteiger partial charge is 0.359 e. The highest BCUT2D eigenvalue weighted by Gasteiger charge is 2.34. The van der Waals surface area contributed by atoms with E-state index in [1.54, 1.807) is 63.1 Å². The maximum atomic E-state index is 13.4. The number of nitrogens with one attached hydrogen (secondary N) is 3. The van der Waals surface area contributed by atoms with Gasteiger partial charge in [-0.25, -0.2) is 9.18 Å². The van der Waals surface area contributed by atoms with Crippen LogP contribution < -0.4 is 16.0 Å². The highest BCUT2D eigenvalue weighted by Crippen LogP contribution is 2.24. The summed E-state index contributed by atoms with van der Waals surface area (Å²) in [4.78, 5) is 38.7. The monoisotopic (exact) mass is 426 g/mol. The van der Waals surface area contributed by atoms with E-state index in [-0.39, 0.29) is 29.7 Å². The third-order valence-electron chi connectivity index (χ3n) is 5.82. The number of halogens is 1. The number of nitrogens with zero attached hydrogens (tertiary/aromatic N) is 1. The minimum Gasteiger partial charge on any atom is -0.359 e. The Morgan fingerprint density at radius 1 is 1.03 bits per heavy atom. The lowest BCUT2D eigenvalue weighted by molar-refractivity contribution is -0.129. The molecule has 0 saturated carbocycles. The number of fused-ring (bicyclic) bond motifs is 1. The number of benzene rings is 2. The Labute approximate surface area is 181 Å². The molecule has 3 N–H and O–H groups in total. The van der Waals surface area contributed by atoms with Crippen LogP contribution in [0.4, 0.5) is 14.9 Å². The minimum atomic E-state index is -0.769. The maximum absolute atomic E-state index is 13.4. The molecule has 1 aliphatic rings. The van der Waals surface area contributed by atoms with Gasteiger partial charge in [-0.15, -0.1) is 0 Å². The van der Waals surface area contributed by atoms with Gasteiger partial charge in [-0.05, 0) is 68.3 Å². The SMILES string of the molecule is CNC(=O)C(C)(C)[C@H](C)NC(=O)c1ccc(NC(=O)N2Cc3ccc(F)cc3C2)cc1. The molecule has 1 heterocycles. The zero-order chi connectivity index (χ0) is 22.8. The number of anilines is 1. The molecule has 4 amide bonds. The first-order chi connectivity index (χ1) is 14.6. The van der Waals surface area contributed by atoms with Crippen molar-refractivity contribution in [3.8, 4) is 0 Å². The van der Waals surface area contributed by atoms with E-state index in [0.29, 0.717) is 24.3 Å².